The maximum atomic E-state index is 13.1. The summed E-state index contributed by atoms with van der Waals surface area (Å²) in [6.07, 6.45) is 0. The summed E-state index contributed by atoms with van der Waals surface area (Å²) in [5.74, 6) is -0.832. The molecule has 9 heteroatoms. The van der Waals surface area contributed by atoms with Crippen molar-refractivity contribution in [2.45, 2.75) is 5.92 Å². The fraction of sp³-hybridized carbons (Fsp3) is 0.0909. The Morgan fingerprint density at radius 2 is 1.68 bits per heavy atom. The molecule has 0 bridgehead atoms. The summed E-state index contributed by atoms with van der Waals surface area (Å²) in [6.45, 7) is 0. The van der Waals surface area contributed by atoms with Gasteiger partial charge in [0.05, 0.1) is 23.8 Å². The van der Waals surface area contributed by atoms with E-state index in [-0.39, 0.29) is 33.7 Å². The summed E-state index contributed by atoms with van der Waals surface area (Å²) in [6, 6.07) is 17.0. The SMILES string of the molecule is COc1ccc(C2C(C#N)=C(N)OC(n3[nH]c(=O)c4ccccc4c3=O)=C2C#N)cc1. The van der Waals surface area contributed by atoms with Crippen LogP contribution in [0.2, 0.25) is 0 Å². The van der Waals surface area contributed by atoms with E-state index in [0.717, 1.165) is 4.68 Å². The van der Waals surface area contributed by atoms with Gasteiger partial charge in [-0.1, -0.05) is 24.3 Å². The number of H-pyrrole nitrogens is 1. The number of aromatic nitrogens is 2. The lowest BCUT2D eigenvalue weighted by molar-refractivity contribution is 0.322. The molecule has 1 aliphatic heterocycles. The van der Waals surface area contributed by atoms with Gasteiger partial charge in [0.1, 0.15) is 29.0 Å². The average molecular weight is 413 g/mol. The standard InChI is InChI=1S/C22H15N5O4/c1-30-13-8-6-12(7-9-13)18-16(10-23)19(25)31-22(17(18)11-24)27-21(29)15-5-3-2-4-14(15)20(28)26-27/h2-9,18H,25H2,1H3,(H,26,28). The van der Waals surface area contributed by atoms with Gasteiger partial charge >= 0.3 is 0 Å². The monoisotopic (exact) mass is 413 g/mol. The summed E-state index contributed by atoms with van der Waals surface area (Å²) in [4.78, 5) is 25.6. The van der Waals surface area contributed by atoms with Gasteiger partial charge in [-0.3, -0.25) is 14.7 Å². The molecule has 0 saturated heterocycles. The molecule has 2 heterocycles. The van der Waals surface area contributed by atoms with Crippen molar-refractivity contribution >= 4 is 16.7 Å². The molecule has 0 saturated carbocycles. The topological polar surface area (TPSA) is 147 Å². The number of nitrogens with two attached hydrogens (primary N) is 1. The molecule has 3 N–H and O–H groups in total. The maximum absolute atomic E-state index is 13.1. The third kappa shape index (κ3) is 3.11. The van der Waals surface area contributed by atoms with E-state index >= 15 is 0 Å². The van der Waals surface area contributed by atoms with Gasteiger partial charge in [-0.25, -0.2) is 0 Å². The minimum atomic E-state index is -0.897. The summed E-state index contributed by atoms with van der Waals surface area (Å²) >= 11 is 0. The smallest absolute Gasteiger partial charge is 0.280 e. The van der Waals surface area contributed by atoms with E-state index in [1.165, 1.54) is 19.2 Å². The number of aromatic amines is 1. The highest BCUT2D eigenvalue weighted by molar-refractivity contribution is 5.81. The van der Waals surface area contributed by atoms with Gasteiger partial charge in [0, 0.05) is 0 Å². The number of fused-ring (bicyclic) bond motifs is 1. The third-order valence-electron chi connectivity index (χ3n) is 4.99. The molecule has 3 aromatic rings. The first-order valence-corrected chi connectivity index (χ1v) is 9.10. The van der Waals surface area contributed by atoms with Crippen molar-refractivity contribution in [3.63, 3.8) is 0 Å². The van der Waals surface area contributed by atoms with Crippen molar-refractivity contribution < 1.29 is 9.47 Å². The number of nitriles is 2. The normalized spacial score (nSPS) is 15.9. The predicted octanol–water partition coefficient (Wildman–Crippen LogP) is 1.90. The minimum absolute atomic E-state index is 0.0154. The van der Waals surface area contributed by atoms with E-state index in [0.29, 0.717) is 11.3 Å². The Kier molecular flexibility index (Phi) is 4.78. The zero-order valence-electron chi connectivity index (χ0n) is 16.2. The third-order valence-corrected chi connectivity index (χ3v) is 4.99. The first-order chi connectivity index (χ1) is 15.0. The van der Waals surface area contributed by atoms with Crippen LogP contribution < -0.4 is 21.6 Å². The van der Waals surface area contributed by atoms with Crippen LogP contribution in [0.15, 0.2) is 75.1 Å². The highest BCUT2D eigenvalue weighted by Gasteiger charge is 2.35. The van der Waals surface area contributed by atoms with Gasteiger partial charge in [0.25, 0.3) is 11.1 Å². The zero-order chi connectivity index (χ0) is 22.1. The van der Waals surface area contributed by atoms with Crippen LogP contribution in [0.3, 0.4) is 0 Å². The molecule has 2 aromatic carbocycles. The number of hydrogen-bond acceptors (Lipinski definition) is 7. The minimum Gasteiger partial charge on any atom is -0.497 e. The number of allylic oxidation sites excluding steroid dienone is 2. The highest BCUT2D eigenvalue weighted by atomic mass is 16.5. The summed E-state index contributed by atoms with van der Waals surface area (Å²) in [5.41, 5.74) is 5.36. The summed E-state index contributed by atoms with van der Waals surface area (Å²) in [7, 11) is 1.52. The van der Waals surface area contributed by atoms with Crippen molar-refractivity contribution in [1.82, 2.24) is 9.78 Å². The summed E-state index contributed by atoms with van der Waals surface area (Å²) < 4.78 is 11.5. The number of benzene rings is 2. The van der Waals surface area contributed by atoms with Crippen LogP contribution in [-0.2, 0) is 4.74 Å². The zero-order valence-corrected chi connectivity index (χ0v) is 16.2. The number of rotatable bonds is 3. The average Bonchev–Trinajstić information content (AvgIpc) is 2.80. The number of nitrogens with zero attached hydrogens (tertiary/aromatic N) is 3. The van der Waals surface area contributed by atoms with E-state index in [4.69, 9.17) is 15.2 Å². The van der Waals surface area contributed by atoms with E-state index in [1.807, 2.05) is 12.1 Å². The molecule has 1 atom stereocenters. The second kappa shape index (κ2) is 7.58. The van der Waals surface area contributed by atoms with Gasteiger partial charge in [0.15, 0.2) is 0 Å². The van der Waals surface area contributed by atoms with Crippen molar-refractivity contribution in [2.75, 3.05) is 7.11 Å². The van der Waals surface area contributed by atoms with Crippen molar-refractivity contribution in [3.05, 3.63) is 91.8 Å². The number of nitrogens with one attached hydrogen (secondary N) is 1. The van der Waals surface area contributed by atoms with Crippen LogP contribution in [0, 0.1) is 22.7 Å². The lowest BCUT2D eigenvalue weighted by atomic mass is 9.84. The Morgan fingerprint density at radius 3 is 2.29 bits per heavy atom. The lowest BCUT2D eigenvalue weighted by Gasteiger charge is -2.26. The molecule has 0 radical (unpaired) electrons. The quantitative estimate of drug-likeness (QED) is 0.666. The Balaban J connectivity index is 2.01. The number of methoxy groups -OCH3 is 1. The highest BCUT2D eigenvalue weighted by Crippen LogP contribution is 2.40. The maximum Gasteiger partial charge on any atom is 0.280 e. The molecule has 0 amide bonds. The Hall–Kier alpha value is -4.76. The molecule has 31 heavy (non-hydrogen) atoms. The second-order valence-electron chi connectivity index (χ2n) is 6.66. The predicted molar refractivity (Wildman–Crippen MR) is 111 cm³/mol. The van der Waals surface area contributed by atoms with Gasteiger partial charge in [0.2, 0.25) is 11.8 Å². The molecule has 1 aliphatic rings. The molecular formula is C22H15N5O4. The van der Waals surface area contributed by atoms with Crippen molar-refractivity contribution in [2.24, 2.45) is 5.73 Å². The van der Waals surface area contributed by atoms with E-state index < -0.39 is 17.0 Å². The molecule has 1 unspecified atom stereocenters. The van der Waals surface area contributed by atoms with Crippen molar-refractivity contribution in [3.8, 4) is 17.9 Å². The molecule has 4 rings (SSSR count). The van der Waals surface area contributed by atoms with Crippen LogP contribution in [0.1, 0.15) is 11.5 Å². The Morgan fingerprint density at radius 1 is 1.03 bits per heavy atom. The van der Waals surface area contributed by atoms with E-state index in [2.05, 4.69) is 5.10 Å². The van der Waals surface area contributed by atoms with Gasteiger partial charge in [-0.15, -0.1) is 0 Å². The fourth-order valence-corrected chi connectivity index (χ4v) is 3.50. The molecule has 1 aromatic heterocycles. The molecule has 0 fully saturated rings. The van der Waals surface area contributed by atoms with Crippen LogP contribution >= 0.6 is 0 Å². The van der Waals surface area contributed by atoms with E-state index in [1.54, 1.807) is 36.4 Å². The van der Waals surface area contributed by atoms with Crippen LogP contribution in [0.25, 0.3) is 16.7 Å². The molecule has 152 valence electrons. The lowest BCUT2D eigenvalue weighted by Crippen LogP contribution is -2.33. The Labute approximate surface area is 175 Å². The van der Waals surface area contributed by atoms with Crippen molar-refractivity contribution in [1.29, 1.82) is 10.5 Å². The molecule has 9 nitrogen and oxygen atoms in total. The molecular weight excluding hydrogens is 398 g/mol. The first-order valence-electron chi connectivity index (χ1n) is 9.10. The van der Waals surface area contributed by atoms with Gasteiger partial charge in [-0.2, -0.15) is 15.2 Å². The Bertz CT molecular complexity index is 1460. The van der Waals surface area contributed by atoms with Crippen LogP contribution in [-0.4, -0.2) is 16.9 Å². The summed E-state index contributed by atoms with van der Waals surface area (Å²) in [5, 5.41) is 22.4. The fourth-order valence-electron chi connectivity index (χ4n) is 3.50. The number of ether oxygens (including phenoxy) is 2. The molecule has 0 spiro atoms. The largest absolute Gasteiger partial charge is 0.497 e. The first kappa shape index (κ1) is 19.6. The van der Waals surface area contributed by atoms with E-state index in [9.17, 15) is 20.1 Å². The van der Waals surface area contributed by atoms with Crippen LogP contribution in [0.4, 0.5) is 0 Å². The van der Waals surface area contributed by atoms with Gasteiger partial charge in [-0.05, 0) is 29.8 Å². The number of hydrogen-bond donors (Lipinski definition) is 2. The van der Waals surface area contributed by atoms with Crippen LogP contribution in [0.5, 0.6) is 5.75 Å². The molecule has 0 aliphatic carbocycles. The second-order valence-corrected chi connectivity index (χ2v) is 6.66. The van der Waals surface area contributed by atoms with Gasteiger partial charge < -0.3 is 15.2 Å².